The molecule has 0 aliphatic carbocycles. The van der Waals surface area contributed by atoms with E-state index in [4.69, 9.17) is 4.74 Å². The van der Waals surface area contributed by atoms with Crippen molar-refractivity contribution >= 4 is 5.97 Å². The SMILES string of the molecule is CCCCCCCCCCCCCCC(CCC)COC(=O)C(C)CCCCCCCCCC. The fourth-order valence-corrected chi connectivity index (χ4v) is 5.04. The molecule has 0 heterocycles. The van der Waals surface area contributed by atoms with Crippen molar-refractivity contribution in [2.45, 2.75) is 182 Å². The number of hydrogen-bond donors (Lipinski definition) is 0. The highest BCUT2D eigenvalue weighted by molar-refractivity contribution is 5.71. The quantitative estimate of drug-likeness (QED) is 0.0862. The standard InChI is InChI=1S/C32H64O2/c1-5-8-10-12-14-16-17-18-19-21-23-25-28-31(26-7-3)29-34-32(33)30(4)27-24-22-20-15-13-11-9-6-2/h30-31H,5-29H2,1-4H3. The molecule has 0 saturated heterocycles. The topological polar surface area (TPSA) is 26.3 Å². The summed E-state index contributed by atoms with van der Waals surface area (Å²) in [6, 6.07) is 0. The molecule has 0 N–H and O–H groups in total. The summed E-state index contributed by atoms with van der Waals surface area (Å²) in [5, 5.41) is 0. The van der Waals surface area contributed by atoms with Crippen LogP contribution in [0.2, 0.25) is 0 Å². The van der Waals surface area contributed by atoms with Crippen LogP contribution in [0.1, 0.15) is 182 Å². The molecule has 0 spiro atoms. The molecule has 0 bridgehead atoms. The average molecular weight is 481 g/mol. The van der Waals surface area contributed by atoms with E-state index in [9.17, 15) is 4.79 Å². The van der Waals surface area contributed by atoms with Crippen LogP contribution in [0, 0.1) is 11.8 Å². The number of rotatable bonds is 27. The highest BCUT2D eigenvalue weighted by Crippen LogP contribution is 2.20. The zero-order chi connectivity index (χ0) is 25.1. The van der Waals surface area contributed by atoms with E-state index in [-0.39, 0.29) is 11.9 Å². The van der Waals surface area contributed by atoms with Gasteiger partial charge in [0.2, 0.25) is 0 Å². The maximum Gasteiger partial charge on any atom is 0.308 e. The van der Waals surface area contributed by atoms with Gasteiger partial charge in [0.15, 0.2) is 0 Å². The Morgan fingerprint density at radius 3 is 1.29 bits per heavy atom. The monoisotopic (exact) mass is 480 g/mol. The van der Waals surface area contributed by atoms with Gasteiger partial charge in [-0.05, 0) is 25.2 Å². The number of esters is 1. The van der Waals surface area contributed by atoms with Crippen LogP contribution < -0.4 is 0 Å². The maximum atomic E-state index is 12.4. The highest BCUT2D eigenvalue weighted by Gasteiger charge is 2.16. The Labute approximate surface area is 215 Å². The van der Waals surface area contributed by atoms with Crippen molar-refractivity contribution in [3.05, 3.63) is 0 Å². The first-order valence-corrected chi connectivity index (χ1v) is 15.8. The molecule has 2 atom stereocenters. The van der Waals surface area contributed by atoms with E-state index in [0.29, 0.717) is 12.5 Å². The Morgan fingerprint density at radius 2 is 0.882 bits per heavy atom. The van der Waals surface area contributed by atoms with Gasteiger partial charge in [-0.1, -0.05) is 163 Å². The minimum atomic E-state index is 0.0405. The van der Waals surface area contributed by atoms with Crippen LogP contribution in [0.5, 0.6) is 0 Å². The average Bonchev–Trinajstić information content (AvgIpc) is 2.84. The summed E-state index contributed by atoms with van der Waals surface area (Å²) < 4.78 is 5.76. The second-order valence-corrected chi connectivity index (χ2v) is 11.1. The second-order valence-electron chi connectivity index (χ2n) is 11.1. The summed E-state index contributed by atoms with van der Waals surface area (Å²) in [5.74, 6) is 0.667. The van der Waals surface area contributed by atoms with Crippen LogP contribution in [-0.4, -0.2) is 12.6 Å². The maximum absolute atomic E-state index is 12.4. The van der Waals surface area contributed by atoms with Crippen LogP contribution in [0.15, 0.2) is 0 Å². The third-order valence-electron chi connectivity index (χ3n) is 7.52. The Balaban J connectivity index is 3.70. The van der Waals surface area contributed by atoms with Crippen LogP contribution in [0.4, 0.5) is 0 Å². The van der Waals surface area contributed by atoms with Gasteiger partial charge in [0, 0.05) is 0 Å². The lowest BCUT2D eigenvalue weighted by Crippen LogP contribution is -2.19. The molecule has 204 valence electrons. The Kier molecular flexibility index (Phi) is 26.6. The van der Waals surface area contributed by atoms with Gasteiger partial charge < -0.3 is 4.74 Å². The summed E-state index contributed by atoms with van der Waals surface area (Å²) >= 11 is 0. The van der Waals surface area contributed by atoms with Crippen molar-refractivity contribution in [3.8, 4) is 0 Å². The van der Waals surface area contributed by atoms with Crippen molar-refractivity contribution in [1.29, 1.82) is 0 Å². The van der Waals surface area contributed by atoms with Crippen molar-refractivity contribution in [1.82, 2.24) is 0 Å². The zero-order valence-corrected chi connectivity index (χ0v) is 24.1. The molecule has 0 aliphatic rings. The molecule has 0 aliphatic heterocycles. The molecule has 0 fully saturated rings. The lowest BCUT2D eigenvalue weighted by atomic mass is 9.96. The third kappa shape index (κ3) is 23.2. The molecular formula is C32H64O2. The number of unbranched alkanes of at least 4 members (excludes halogenated alkanes) is 18. The summed E-state index contributed by atoms with van der Waals surface area (Å²) in [6.45, 7) is 9.51. The molecule has 2 heteroatoms. The van der Waals surface area contributed by atoms with Gasteiger partial charge in [0.1, 0.15) is 0 Å². The van der Waals surface area contributed by atoms with Crippen LogP contribution >= 0.6 is 0 Å². The minimum absolute atomic E-state index is 0.0405. The molecule has 0 aromatic carbocycles. The normalized spacial score (nSPS) is 13.2. The summed E-state index contributed by atoms with van der Waals surface area (Å²) in [7, 11) is 0. The minimum Gasteiger partial charge on any atom is -0.465 e. The molecule has 0 aromatic rings. The van der Waals surface area contributed by atoms with E-state index < -0.39 is 0 Å². The molecule has 2 unspecified atom stereocenters. The Hall–Kier alpha value is -0.530. The predicted octanol–water partition coefficient (Wildman–Crippen LogP) is 11.2. The van der Waals surface area contributed by atoms with Crippen molar-refractivity contribution < 1.29 is 9.53 Å². The van der Waals surface area contributed by atoms with Gasteiger partial charge in [-0.15, -0.1) is 0 Å². The number of ether oxygens (including phenoxy) is 1. The summed E-state index contributed by atoms with van der Waals surface area (Å²) in [6.07, 6.45) is 32.0. The highest BCUT2D eigenvalue weighted by atomic mass is 16.5. The van der Waals surface area contributed by atoms with E-state index in [1.165, 1.54) is 148 Å². The largest absolute Gasteiger partial charge is 0.465 e. The van der Waals surface area contributed by atoms with Gasteiger partial charge in [-0.25, -0.2) is 0 Å². The molecule has 0 aromatic heterocycles. The van der Waals surface area contributed by atoms with Gasteiger partial charge in [-0.2, -0.15) is 0 Å². The van der Waals surface area contributed by atoms with Crippen LogP contribution in [0.25, 0.3) is 0 Å². The first kappa shape index (κ1) is 33.5. The lowest BCUT2D eigenvalue weighted by molar-refractivity contribution is -0.149. The summed E-state index contributed by atoms with van der Waals surface area (Å²) in [4.78, 5) is 12.4. The van der Waals surface area contributed by atoms with Crippen LogP contribution in [0.3, 0.4) is 0 Å². The van der Waals surface area contributed by atoms with Crippen molar-refractivity contribution in [2.24, 2.45) is 11.8 Å². The molecule has 0 rings (SSSR count). The summed E-state index contributed by atoms with van der Waals surface area (Å²) in [5.41, 5.74) is 0. The Bertz CT molecular complexity index is 406. The fraction of sp³-hybridized carbons (Fsp3) is 0.969. The fourth-order valence-electron chi connectivity index (χ4n) is 5.04. The smallest absolute Gasteiger partial charge is 0.308 e. The number of carbonyl (C=O) groups excluding carboxylic acids is 1. The molecule has 0 saturated carbocycles. The Morgan fingerprint density at radius 1 is 0.500 bits per heavy atom. The molecule has 2 nitrogen and oxygen atoms in total. The molecule has 34 heavy (non-hydrogen) atoms. The van der Waals surface area contributed by atoms with Crippen molar-refractivity contribution in [2.75, 3.05) is 6.61 Å². The van der Waals surface area contributed by atoms with E-state index in [1.807, 2.05) is 0 Å². The van der Waals surface area contributed by atoms with Gasteiger partial charge in [-0.3, -0.25) is 4.79 Å². The van der Waals surface area contributed by atoms with E-state index in [2.05, 4.69) is 27.7 Å². The van der Waals surface area contributed by atoms with E-state index in [0.717, 1.165) is 6.42 Å². The molecule has 0 amide bonds. The van der Waals surface area contributed by atoms with E-state index >= 15 is 0 Å². The third-order valence-corrected chi connectivity index (χ3v) is 7.52. The molecule has 0 radical (unpaired) electrons. The van der Waals surface area contributed by atoms with Crippen LogP contribution in [-0.2, 0) is 9.53 Å². The zero-order valence-electron chi connectivity index (χ0n) is 24.1. The van der Waals surface area contributed by atoms with Gasteiger partial charge in [0.25, 0.3) is 0 Å². The predicted molar refractivity (Wildman–Crippen MR) is 151 cm³/mol. The first-order valence-electron chi connectivity index (χ1n) is 15.8. The second kappa shape index (κ2) is 27.1. The lowest BCUT2D eigenvalue weighted by Gasteiger charge is -2.18. The van der Waals surface area contributed by atoms with Gasteiger partial charge >= 0.3 is 5.97 Å². The first-order chi connectivity index (χ1) is 16.7. The van der Waals surface area contributed by atoms with E-state index in [1.54, 1.807) is 0 Å². The van der Waals surface area contributed by atoms with Gasteiger partial charge in [0.05, 0.1) is 12.5 Å². The van der Waals surface area contributed by atoms with Crippen molar-refractivity contribution in [3.63, 3.8) is 0 Å². The number of carbonyl (C=O) groups is 1. The molecular weight excluding hydrogens is 416 g/mol. The number of hydrogen-bond acceptors (Lipinski definition) is 2.